The molecule has 0 saturated heterocycles. The number of nitrogens with zero attached hydrogens (tertiary/aromatic N) is 1. The lowest BCUT2D eigenvalue weighted by Gasteiger charge is -2.11. The molecule has 0 aromatic heterocycles. The molecule has 0 unspecified atom stereocenters. The van der Waals surface area contributed by atoms with Crippen molar-refractivity contribution in [1.82, 2.24) is 4.90 Å². The number of benzene rings is 1. The first-order chi connectivity index (χ1) is 7.49. The molecule has 0 atom stereocenters. The number of rotatable bonds is 4. The van der Waals surface area contributed by atoms with Crippen LogP contribution in [0.3, 0.4) is 0 Å². The average Bonchev–Trinajstić information content (AvgIpc) is 2.19. The largest absolute Gasteiger partial charge is 0.383 e. The zero-order valence-electron chi connectivity index (χ0n) is 9.72. The van der Waals surface area contributed by atoms with Gasteiger partial charge < -0.3 is 10.2 Å². The van der Waals surface area contributed by atoms with Gasteiger partial charge in [-0.2, -0.15) is 0 Å². The first-order valence-corrected chi connectivity index (χ1v) is 6.60. The molecule has 0 aliphatic heterocycles. The van der Waals surface area contributed by atoms with Gasteiger partial charge in [0.1, 0.15) is 0 Å². The Morgan fingerprint density at radius 1 is 1.31 bits per heavy atom. The van der Waals surface area contributed by atoms with Crippen molar-refractivity contribution in [1.29, 1.82) is 0 Å². The maximum atomic E-state index is 3.48. The van der Waals surface area contributed by atoms with Gasteiger partial charge in [0, 0.05) is 35.3 Å². The van der Waals surface area contributed by atoms with Gasteiger partial charge in [0.05, 0.1) is 0 Å². The van der Waals surface area contributed by atoms with Gasteiger partial charge in [0.2, 0.25) is 0 Å². The molecule has 2 nitrogen and oxygen atoms in total. The first kappa shape index (κ1) is 13.6. The second-order valence-corrected chi connectivity index (χ2v) is 5.63. The standard InChI is InChI=1S/C12H16Br2N2/c1-9(8-16(2)3)7-15-10-4-5-11(13)12(14)6-10/h4-6,8,15H,7H2,1-3H3. The number of hydrogen-bond donors (Lipinski definition) is 1. The number of nitrogens with one attached hydrogen (secondary N) is 1. The van der Waals surface area contributed by atoms with Crippen LogP contribution >= 0.6 is 31.9 Å². The molecule has 0 saturated carbocycles. The predicted molar refractivity (Wildman–Crippen MR) is 77.8 cm³/mol. The smallest absolute Gasteiger partial charge is 0.0374 e. The Morgan fingerprint density at radius 2 is 2.00 bits per heavy atom. The molecule has 0 fully saturated rings. The molecule has 0 bridgehead atoms. The van der Waals surface area contributed by atoms with E-state index in [2.05, 4.69) is 67.3 Å². The van der Waals surface area contributed by atoms with Crippen LogP contribution in [-0.4, -0.2) is 25.5 Å². The zero-order chi connectivity index (χ0) is 12.1. The summed E-state index contributed by atoms with van der Waals surface area (Å²) in [5, 5.41) is 3.37. The topological polar surface area (TPSA) is 15.3 Å². The molecule has 1 aromatic carbocycles. The summed E-state index contributed by atoms with van der Waals surface area (Å²) in [5.74, 6) is 0. The summed E-state index contributed by atoms with van der Waals surface area (Å²) >= 11 is 6.93. The van der Waals surface area contributed by atoms with E-state index in [0.29, 0.717) is 0 Å². The van der Waals surface area contributed by atoms with E-state index in [-0.39, 0.29) is 0 Å². The van der Waals surface area contributed by atoms with Crippen molar-refractivity contribution in [3.63, 3.8) is 0 Å². The highest BCUT2D eigenvalue weighted by Crippen LogP contribution is 2.25. The van der Waals surface area contributed by atoms with Crippen molar-refractivity contribution in [2.24, 2.45) is 0 Å². The van der Waals surface area contributed by atoms with Crippen LogP contribution in [0.15, 0.2) is 38.9 Å². The molecule has 1 N–H and O–H groups in total. The summed E-state index contributed by atoms with van der Waals surface area (Å²) in [6.45, 7) is 2.97. The lowest BCUT2D eigenvalue weighted by Crippen LogP contribution is -2.08. The molecule has 1 rings (SSSR count). The molecule has 0 aliphatic carbocycles. The van der Waals surface area contributed by atoms with Crippen LogP contribution in [0.4, 0.5) is 5.69 Å². The summed E-state index contributed by atoms with van der Waals surface area (Å²) in [6.07, 6.45) is 2.11. The summed E-state index contributed by atoms with van der Waals surface area (Å²) in [5.41, 5.74) is 2.41. The molecule has 0 aliphatic rings. The maximum Gasteiger partial charge on any atom is 0.0374 e. The van der Waals surface area contributed by atoms with E-state index in [1.54, 1.807) is 0 Å². The first-order valence-electron chi connectivity index (χ1n) is 5.01. The second-order valence-electron chi connectivity index (χ2n) is 3.92. The monoisotopic (exact) mass is 346 g/mol. The van der Waals surface area contributed by atoms with Crippen molar-refractivity contribution in [2.75, 3.05) is 26.0 Å². The van der Waals surface area contributed by atoms with Gasteiger partial charge in [-0.3, -0.25) is 0 Å². The number of anilines is 1. The van der Waals surface area contributed by atoms with Crippen LogP contribution in [-0.2, 0) is 0 Å². The van der Waals surface area contributed by atoms with Gasteiger partial charge in [0.15, 0.2) is 0 Å². The van der Waals surface area contributed by atoms with Crippen LogP contribution in [0.5, 0.6) is 0 Å². The Labute approximate surface area is 114 Å². The van der Waals surface area contributed by atoms with Gasteiger partial charge in [-0.05, 0) is 68.8 Å². The van der Waals surface area contributed by atoms with Crippen molar-refractivity contribution < 1.29 is 0 Å². The lowest BCUT2D eigenvalue weighted by molar-refractivity contribution is 0.557. The molecule has 16 heavy (non-hydrogen) atoms. The van der Waals surface area contributed by atoms with E-state index in [1.807, 2.05) is 20.2 Å². The minimum absolute atomic E-state index is 0.853. The number of halogens is 2. The van der Waals surface area contributed by atoms with Crippen LogP contribution in [0.1, 0.15) is 6.92 Å². The van der Waals surface area contributed by atoms with Crippen molar-refractivity contribution >= 4 is 37.5 Å². The quantitative estimate of drug-likeness (QED) is 0.882. The Balaban J connectivity index is 2.58. The molecule has 88 valence electrons. The fourth-order valence-electron chi connectivity index (χ4n) is 1.33. The van der Waals surface area contributed by atoms with Crippen molar-refractivity contribution in [3.05, 3.63) is 38.9 Å². The third-order valence-electron chi connectivity index (χ3n) is 1.97. The fourth-order valence-corrected chi connectivity index (χ4v) is 1.96. The molecular weight excluding hydrogens is 332 g/mol. The highest BCUT2D eigenvalue weighted by Gasteiger charge is 1.98. The van der Waals surface area contributed by atoms with Gasteiger partial charge in [-0.25, -0.2) is 0 Å². The van der Waals surface area contributed by atoms with Gasteiger partial charge in [-0.1, -0.05) is 0 Å². The highest BCUT2D eigenvalue weighted by atomic mass is 79.9. The lowest BCUT2D eigenvalue weighted by atomic mass is 10.3. The van der Waals surface area contributed by atoms with E-state index in [1.165, 1.54) is 5.57 Å². The Bertz CT molecular complexity index is 387. The third-order valence-corrected chi connectivity index (χ3v) is 3.85. The van der Waals surface area contributed by atoms with E-state index >= 15 is 0 Å². The maximum absolute atomic E-state index is 3.48. The van der Waals surface area contributed by atoms with Gasteiger partial charge in [-0.15, -0.1) is 0 Å². The SMILES string of the molecule is CC(=CN(C)C)CNc1ccc(Br)c(Br)c1. The van der Waals surface area contributed by atoms with E-state index < -0.39 is 0 Å². The second kappa shape index (κ2) is 6.30. The third kappa shape index (κ3) is 4.58. The van der Waals surface area contributed by atoms with Gasteiger partial charge >= 0.3 is 0 Å². The summed E-state index contributed by atoms with van der Waals surface area (Å²) in [4.78, 5) is 2.05. The molecule has 0 spiro atoms. The fraction of sp³-hybridized carbons (Fsp3) is 0.333. The van der Waals surface area contributed by atoms with Crippen LogP contribution < -0.4 is 5.32 Å². The highest BCUT2D eigenvalue weighted by molar-refractivity contribution is 9.13. The summed E-state index contributed by atoms with van der Waals surface area (Å²) < 4.78 is 2.13. The minimum atomic E-state index is 0.853. The van der Waals surface area contributed by atoms with Crippen LogP contribution in [0.2, 0.25) is 0 Å². The molecule has 0 heterocycles. The van der Waals surface area contributed by atoms with Crippen LogP contribution in [0.25, 0.3) is 0 Å². The zero-order valence-corrected chi connectivity index (χ0v) is 12.9. The molecular formula is C12H16Br2N2. The average molecular weight is 348 g/mol. The normalized spacial score (nSPS) is 11.4. The predicted octanol–water partition coefficient (Wildman–Crippen LogP) is 4.09. The van der Waals surface area contributed by atoms with E-state index in [9.17, 15) is 0 Å². The molecule has 1 aromatic rings. The van der Waals surface area contributed by atoms with E-state index in [4.69, 9.17) is 0 Å². The summed E-state index contributed by atoms with van der Waals surface area (Å²) in [7, 11) is 4.05. The van der Waals surface area contributed by atoms with Crippen molar-refractivity contribution in [3.8, 4) is 0 Å². The Hall–Kier alpha value is -0.480. The van der Waals surface area contributed by atoms with Crippen LogP contribution in [0, 0.1) is 0 Å². The number of hydrogen-bond acceptors (Lipinski definition) is 2. The minimum Gasteiger partial charge on any atom is -0.383 e. The molecule has 0 radical (unpaired) electrons. The Kier molecular flexibility index (Phi) is 5.35. The Morgan fingerprint density at radius 3 is 2.56 bits per heavy atom. The van der Waals surface area contributed by atoms with E-state index in [0.717, 1.165) is 21.2 Å². The van der Waals surface area contributed by atoms with Crippen molar-refractivity contribution in [2.45, 2.75) is 6.92 Å². The molecule has 4 heteroatoms. The summed E-state index contributed by atoms with van der Waals surface area (Å²) in [6, 6.07) is 6.14. The van der Waals surface area contributed by atoms with Gasteiger partial charge in [0.25, 0.3) is 0 Å². The molecule has 0 amide bonds.